The fourth-order valence-electron chi connectivity index (χ4n) is 2.91. The van der Waals surface area contributed by atoms with Crippen LogP contribution in [0.15, 0.2) is 24.3 Å². The lowest BCUT2D eigenvalue weighted by Gasteiger charge is -2.20. The topological polar surface area (TPSA) is 87.7 Å². The summed E-state index contributed by atoms with van der Waals surface area (Å²) in [6.07, 6.45) is 5.01. The summed E-state index contributed by atoms with van der Waals surface area (Å²) in [5.41, 5.74) is 1.64. The standard InChI is InChI=1S/C19H27N3O4/c1-22(2)16-10-8-15(9-11-16)21-17(23)13-26-18(24)12-20-19(25)14-6-4-3-5-7-14/h8-11,14H,3-7,12-13H2,1-2H3,(H,20,25)(H,21,23). The quantitative estimate of drug-likeness (QED) is 0.725. The molecule has 0 atom stereocenters. The van der Waals surface area contributed by atoms with Crippen LogP contribution in [0.3, 0.4) is 0 Å². The summed E-state index contributed by atoms with van der Waals surface area (Å²) < 4.78 is 4.90. The van der Waals surface area contributed by atoms with Crippen LogP contribution in [0, 0.1) is 5.92 Å². The molecule has 0 bridgehead atoms. The van der Waals surface area contributed by atoms with Crippen molar-refractivity contribution < 1.29 is 19.1 Å². The third kappa shape index (κ3) is 6.38. The molecule has 0 unspecified atom stereocenters. The number of rotatable bonds is 7. The van der Waals surface area contributed by atoms with Gasteiger partial charge in [-0.25, -0.2) is 0 Å². The van der Waals surface area contributed by atoms with Gasteiger partial charge in [0.05, 0.1) is 0 Å². The predicted octanol–water partition coefficient (Wildman–Crippen LogP) is 1.93. The molecule has 0 saturated heterocycles. The zero-order valence-corrected chi connectivity index (χ0v) is 15.4. The molecule has 1 aliphatic rings. The Morgan fingerprint density at radius 2 is 1.73 bits per heavy atom. The Balaban J connectivity index is 1.66. The van der Waals surface area contributed by atoms with E-state index in [1.54, 1.807) is 12.1 Å². The fraction of sp³-hybridized carbons (Fsp3) is 0.526. The summed E-state index contributed by atoms with van der Waals surface area (Å²) in [7, 11) is 3.86. The van der Waals surface area contributed by atoms with Crippen LogP contribution in [0.5, 0.6) is 0 Å². The molecular formula is C19H27N3O4. The summed E-state index contributed by atoms with van der Waals surface area (Å²) in [6.45, 7) is -0.590. The first kappa shape index (κ1) is 19.8. The highest BCUT2D eigenvalue weighted by Crippen LogP contribution is 2.23. The lowest BCUT2D eigenvalue weighted by molar-refractivity contribution is -0.147. The van der Waals surface area contributed by atoms with Crippen molar-refractivity contribution in [3.8, 4) is 0 Å². The third-order valence-corrected chi connectivity index (χ3v) is 4.41. The molecule has 0 spiro atoms. The monoisotopic (exact) mass is 361 g/mol. The molecule has 1 aromatic rings. The van der Waals surface area contributed by atoms with Gasteiger partial charge in [0.15, 0.2) is 6.61 Å². The number of ether oxygens (including phenoxy) is 1. The molecule has 2 amide bonds. The number of benzene rings is 1. The predicted molar refractivity (Wildman–Crippen MR) is 99.9 cm³/mol. The van der Waals surface area contributed by atoms with Gasteiger partial charge in [-0.2, -0.15) is 0 Å². The first-order valence-electron chi connectivity index (χ1n) is 8.96. The van der Waals surface area contributed by atoms with E-state index < -0.39 is 11.9 Å². The largest absolute Gasteiger partial charge is 0.454 e. The molecule has 1 saturated carbocycles. The van der Waals surface area contributed by atoms with E-state index >= 15 is 0 Å². The molecule has 0 heterocycles. The number of anilines is 2. The van der Waals surface area contributed by atoms with Crippen molar-refractivity contribution in [2.24, 2.45) is 5.92 Å². The molecule has 142 valence electrons. The van der Waals surface area contributed by atoms with Crippen molar-refractivity contribution in [2.45, 2.75) is 32.1 Å². The van der Waals surface area contributed by atoms with Crippen LogP contribution in [-0.4, -0.2) is 45.0 Å². The fourth-order valence-corrected chi connectivity index (χ4v) is 2.91. The average Bonchev–Trinajstić information content (AvgIpc) is 2.65. The SMILES string of the molecule is CN(C)c1ccc(NC(=O)COC(=O)CNC(=O)C2CCCCC2)cc1. The second kappa shape index (κ2) is 9.79. The Kier molecular flexibility index (Phi) is 7.44. The zero-order valence-electron chi connectivity index (χ0n) is 15.4. The Morgan fingerprint density at radius 1 is 1.08 bits per heavy atom. The van der Waals surface area contributed by atoms with Gasteiger partial charge < -0.3 is 20.3 Å². The first-order chi connectivity index (χ1) is 12.5. The van der Waals surface area contributed by atoms with E-state index in [9.17, 15) is 14.4 Å². The van der Waals surface area contributed by atoms with Crippen LogP contribution in [0.1, 0.15) is 32.1 Å². The number of hydrogen-bond acceptors (Lipinski definition) is 5. The van der Waals surface area contributed by atoms with E-state index in [4.69, 9.17) is 4.74 Å². The highest BCUT2D eigenvalue weighted by Gasteiger charge is 2.21. The molecule has 0 aromatic heterocycles. The lowest BCUT2D eigenvalue weighted by atomic mass is 9.89. The number of amides is 2. The molecule has 1 aliphatic carbocycles. The number of carbonyl (C=O) groups excluding carboxylic acids is 3. The zero-order chi connectivity index (χ0) is 18.9. The summed E-state index contributed by atoms with van der Waals surface area (Å²) >= 11 is 0. The van der Waals surface area contributed by atoms with E-state index in [0.717, 1.165) is 31.4 Å². The van der Waals surface area contributed by atoms with Crippen LogP contribution >= 0.6 is 0 Å². The number of nitrogens with zero attached hydrogens (tertiary/aromatic N) is 1. The van der Waals surface area contributed by atoms with Crippen LogP contribution in [-0.2, 0) is 19.1 Å². The van der Waals surface area contributed by atoms with E-state index in [2.05, 4.69) is 10.6 Å². The number of carbonyl (C=O) groups is 3. The molecule has 7 heteroatoms. The molecular weight excluding hydrogens is 334 g/mol. The second-order valence-corrected chi connectivity index (χ2v) is 6.70. The number of hydrogen-bond donors (Lipinski definition) is 2. The molecule has 2 rings (SSSR count). The minimum atomic E-state index is -0.618. The van der Waals surface area contributed by atoms with E-state index in [1.165, 1.54) is 6.42 Å². The highest BCUT2D eigenvalue weighted by molar-refractivity contribution is 5.93. The van der Waals surface area contributed by atoms with E-state index in [1.807, 2.05) is 31.1 Å². The Morgan fingerprint density at radius 3 is 2.35 bits per heavy atom. The molecule has 0 aliphatic heterocycles. The van der Waals surface area contributed by atoms with Crippen molar-refractivity contribution in [3.05, 3.63) is 24.3 Å². The third-order valence-electron chi connectivity index (χ3n) is 4.41. The highest BCUT2D eigenvalue weighted by atomic mass is 16.5. The molecule has 26 heavy (non-hydrogen) atoms. The van der Waals surface area contributed by atoms with Gasteiger partial charge in [0.2, 0.25) is 5.91 Å². The average molecular weight is 361 g/mol. The number of esters is 1. The van der Waals surface area contributed by atoms with Gasteiger partial charge in [0.1, 0.15) is 6.54 Å². The maximum Gasteiger partial charge on any atom is 0.325 e. The van der Waals surface area contributed by atoms with Crippen LogP contribution in [0.25, 0.3) is 0 Å². The van der Waals surface area contributed by atoms with Crippen molar-refractivity contribution in [2.75, 3.05) is 37.5 Å². The second-order valence-electron chi connectivity index (χ2n) is 6.70. The lowest BCUT2D eigenvalue weighted by Crippen LogP contribution is -2.36. The maximum absolute atomic E-state index is 12.0. The van der Waals surface area contributed by atoms with Crippen molar-refractivity contribution in [1.29, 1.82) is 0 Å². The number of nitrogens with one attached hydrogen (secondary N) is 2. The maximum atomic E-state index is 12.0. The van der Waals surface area contributed by atoms with Gasteiger partial charge in [-0.1, -0.05) is 19.3 Å². The molecule has 0 radical (unpaired) electrons. The first-order valence-corrected chi connectivity index (χ1v) is 8.96. The van der Waals surface area contributed by atoms with E-state index in [0.29, 0.717) is 5.69 Å². The van der Waals surface area contributed by atoms with Crippen LogP contribution < -0.4 is 15.5 Å². The molecule has 1 aromatic carbocycles. The van der Waals surface area contributed by atoms with Crippen LogP contribution in [0.2, 0.25) is 0 Å². The summed E-state index contributed by atoms with van der Waals surface area (Å²) in [5.74, 6) is -1.15. The van der Waals surface area contributed by atoms with Gasteiger partial charge in [-0.3, -0.25) is 14.4 Å². The normalized spacial score (nSPS) is 14.4. The van der Waals surface area contributed by atoms with Gasteiger partial charge in [0.25, 0.3) is 5.91 Å². The Bertz CT molecular complexity index is 622. The van der Waals surface area contributed by atoms with Crippen LogP contribution in [0.4, 0.5) is 11.4 Å². The molecule has 1 fully saturated rings. The van der Waals surface area contributed by atoms with E-state index in [-0.39, 0.29) is 25.0 Å². The molecule has 7 nitrogen and oxygen atoms in total. The van der Waals surface area contributed by atoms with Gasteiger partial charge in [-0.15, -0.1) is 0 Å². The summed E-state index contributed by atoms with van der Waals surface area (Å²) in [4.78, 5) is 37.4. The van der Waals surface area contributed by atoms with Crippen molar-refractivity contribution in [1.82, 2.24) is 5.32 Å². The Hall–Kier alpha value is -2.57. The minimum Gasteiger partial charge on any atom is -0.454 e. The Labute approximate surface area is 154 Å². The van der Waals surface area contributed by atoms with Gasteiger partial charge >= 0.3 is 5.97 Å². The van der Waals surface area contributed by atoms with Gasteiger partial charge in [-0.05, 0) is 37.1 Å². The van der Waals surface area contributed by atoms with Crippen molar-refractivity contribution in [3.63, 3.8) is 0 Å². The van der Waals surface area contributed by atoms with Gasteiger partial charge in [0, 0.05) is 31.4 Å². The summed E-state index contributed by atoms with van der Waals surface area (Å²) in [5, 5.41) is 5.25. The minimum absolute atomic E-state index is 0.00927. The van der Waals surface area contributed by atoms with Crippen molar-refractivity contribution >= 4 is 29.2 Å². The summed E-state index contributed by atoms with van der Waals surface area (Å²) in [6, 6.07) is 7.31. The molecule has 2 N–H and O–H groups in total. The smallest absolute Gasteiger partial charge is 0.325 e.